The molecule has 0 radical (unpaired) electrons. The van der Waals surface area contributed by atoms with Gasteiger partial charge in [-0.15, -0.1) is 0 Å². The summed E-state index contributed by atoms with van der Waals surface area (Å²) in [7, 11) is 0. The van der Waals surface area contributed by atoms with Gasteiger partial charge in [0.25, 0.3) is 0 Å². The molecule has 0 spiro atoms. The maximum absolute atomic E-state index is 13.0. The van der Waals surface area contributed by atoms with E-state index in [1.165, 1.54) is 22.3 Å². The summed E-state index contributed by atoms with van der Waals surface area (Å²) in [4.78, 5) is 103. The van der Waals surface area contributed by atoms with Crippen molar-refractivity contribution in [2.75, 3.05) is 0 Å². The summed E-state index contributed by atoms with van der Waals surface area (Å²) in [6.45, 7) is 18.5. The molecule has 500 valence electrons. The van der Waals surface area contributed by atoms with Crippen molar-refractivity contribution in [1.29, 1.82) is 0 Å². The first-order chi connectivity index (χ1) is 43.7. The van der Waals surface area contributed by atoms with E-state index in [0.717, 1.165) is 180 Å². The van der Waals surface area contributed by atoms with Crippen LogP contribution in [0.5, 0.6) is 0 Å². The van der Waals surface area contributed by atoms with Crippen LogP contribution in [-0.2, 0) is 57.3 Å². The molecule has 0 aromatic heterocycles. The van der Waals surface area contributed by atoms with Gasteiger partial charge in [-0.25, -0.2) is 19.2 Å². The summed E-state index contributed by atoms with van der Waals surface area (Å²) >= 11 is 0. The number of carbonyl (C=O) groups excluding carboxylic acids is 8. The van der Waals surface area contributed by atoms with Crippen LogP contribution in [0.25, 0.3) is 0 Å². The molecule has 16 aliphatic rings. The SMILES string of the molecule is C[C@]12CC[C@H](OC(=O)C(=O)O[C@H]3CC[C@@]4(C)C(=CC[C@@H]5[C@@H]4CC[C@]4(C)C(=O)CC[C@@H]54)C3)CC1=CC[C@@H]1[C@@H]2CC[C@]2(C)C(=O)CC[C@@H]12.C[C@]12CC[C@H](OC(=O)C(=O)O[C@H]3CC[C@@]4(C)C(=CC[C@@H]5[C@@H]4CC[C@]4(C)C(=O)CC[C@@H]54)C3)CC1=CC[C@@H]1[C@@H]2CC[C@]2(C)C(=O)CC[C@@H]12. The lowest BCUT2D eigenvalue weighted by Gasteiger charge is -2.57. The van der Waals surface area contributed by atoms with Gasteiger partial charge in [-0.2, -0.15) is 0 Å². The summed E-state index contributed by atoms with van der Waals surface area (Å²) in [5.74, 6) is 5.13. The summed E-state index contributed by atoms with van der Waals surface area (Å²) < 4.78 is 23.4. The normalized spacial score (nSPS) is 49.2. The average Bonchev–Trinajstić information content (AvgIpc) is 1.33. The van der Waals surface area contributed by atoms with E-state index in [-0.39, 0.29) is 67.7 Å². The third kappa shape index (κ3) is 9.66. The van der Waals surface area contributed by atoms with Gasteiger partial charge in [0, 0.05) is 73.0 Å². The Bertz CT molecular complexity index is 2850. The van der Waals surface area contributed by atoms with E-state index in [4.69, 9.17) is 18.9 Å². The van der Waals surface area contributed by atoms with Gasteiger partial charge < -0.3 is 18.9 Å². The van der Waals surface area contributed by atoms with Crippen molar-refractivity contribution in [3.05, 3.63) is 46.6 Å². The van der Waals surface area contributed by atoms with Crippen LogP contribution in [-0.4, -0.2) is 71.4 Å². The number of esters is 4. The Morgan fingerprint density at radius 1 is 0.283 bits per heavy atom. The third-order valence-corrected chi connectivity index (χ3v) is 32.5. The van der Waals surface area contributed by atoms with Gasteiger partial charge in [0.05, 0.1) is 0 Å². The maximum atomic E-state index is 13.0. The molecule has 0 amide bonds. The Balaban J connectivity index is 0.000000153. The topological polar surface area (TPSA) is 173 Å². The van der Waals surface area contributed by atoms with Gasteiger partial charge in [-0.1, -0.05) is 102 Å². The number of hydrogen-bond donors (Lipinski definition) is 0. The van der Waals surface area contributed by atoms with Crippen LogP contribution >= 0.6 is 0 Å². The fraction of sp³-hybridized carbons (Fsp3) is 0.800. The van der Waals surface area contributed by atoms with Crippen LogP contribution in [0, 0.1) is 114 Å². The molecule has 0 heterocycles. The summed E-state index contributed by atoms with van der Waals surface area (Å²) in [5.41, 5.74) is 5.39. The fourth-order valence-electron chi connectivity index (χ4n) is 26.8. The van der Waals surface area contributed by atoms with Crippen LogP contribution in [0.3, 0.4) is 0 Å². The zero-order valence-electron chi connectivity index (χ0n) is 57.1. The minimum atomic E-state index is -0.843. The standard InChI is InChI=1S/2C40H54O6/c2*1-37-17-13-25(21-23(37)5-7-27-29-9-11-33(41)39(29,3)19-15-31(27)37)45-35(43)36(44)46-26-14-18-38(2)24(22-26)6-8-28-30-10-12-34(42)40(30,4)20-16-32(28)38/h2*5-6,25-32H,7-22H2,1-4H3/t2*25-,26-,27-,28-,29-,30-,31-,32-,37-,38-,39-,40-/m00/s1. The summed E-state index contributed by atoms with van der Waals surface area (Å²) in [5, 5.41) is 0. The van der Waals surface area contributed by atoms with Crippen molar-refractivity contribution in [1.82, 2.24) is 0 Å². The quantitative estimate of drug-likeness (QED) is 0.113. The van der Waals surface area contributed by atoms with Crippen LogP contribution in [0.4, 0.5) is 0 Å². The fourth-order valence-corrected chi connectivity index (χ4v) is 26.8. The lowest BCUT2D eigenvalue weighted by molar-refractivity contribution is -0.176. The molecule has 0 aliphatic heterocycles. The Morgan fingerprint density at radius 2 is 0.467 bits per heavy atom. The molecule has 12 heteroatoms. The number of ether oxygens (including phenoxy) is 4. The number of carbonyl (C=O) groups is 8. The molecule has 0 aromatic rings. The highest BCUT2D eigenvalue weighted by atomic mass is 16.6. The zero-order valence-corrected chi connectivity index (χ0v) is 57.1. The molecule has 92 heavy (non-hydrogen) atoms. The number of ketones is 4. The second kappa shape index (κ2) is 22.5. The molecule has 12 nitrogen and oxygen atoms in total. The van der Waals surface area contributed by atoms with E-state index in [1.54, 1.807) is 0 Å². The Labute approximate surface area is 547 Å². The van der Waals surface area contributed by atoms with Crippen LogP contribution in [0.15, 0.2) is 46.6 Å². The van der Waals surface area contributed by atoms with Crippen LogP contribution in [0.2, 0.25) is 0 Å². The third-order valence-electron chi connectivity index (χ3n) is 32.5. The first kappa shape index (κ1) is 63.6. The van der Waals surface area contributed by atoms with Gasteiger partial charge in [-0.05, 0) is 247 Å². The van der Waals surface area contributed by atoms with Gasteiger partial charge in [0.1, 0.15) is 47.5 Å². The minimum Gasteiger partial charge on any atom is -0.454 e. The van der Waals surface area contributed by atoms with E-state index >= 15 is 0 Å². The predicted octanol–water partition coefficient (Wildman–Crippen LogP) is 15.7. The Hall–Kier alpha value is -4.48. The number of hydrogen-bond acceptors (Lipinski definition) is 12. The van der Waals surface area contributed by atoms with Gasteiger partial charge >= 0.3 is 23.9 Å². The van der Waals surface area contributed by atoms with E-state index < -0.39 is 23.9 Å². The molecule has 16 rings (SSSR count). The largest absolute Gasteiger partial charge is 0.454 e. The monoisotopic (exact) mass is 1260 g/mol. The molecule has 0 aromatic carbocycles. The lowest BCUT2D eigenvalue weighted by Crippen LogP contribution is -2.51. The first-order valence-corrected chi connectivity index (χ1v) is 37.5. The highest BCUT2D eigenvalue weighted by Gasteiger charge is 2.64. The van der Waals surface area contributed by atoms with E-state index in [2.05, 4.69) is 79.7 Å². The predicted molar refractivity (Wildman–Crippen MR) is 346 cm³/mol. The average molecular weight is 1260 g/mol. The number of allylic oxidation sites excluding steroid dienone is 4. The Morgan fingerprint density at radius 3 is 0.674 bits per heavy atom. The van der Waals surface area contributed by atoms with Gasteiger partial charge in [-0.3, -0.25) is 19.2 Å². The van der Waals surface area contributed by atoms with E-state index in [1.807, 2.05) is 0 Å². The number of fused-ring (bicyclic) bond motifs is 20. The highest BCUT2D eigenvalue weighted by Crippen LogP contribution is 2.69. The van der Waals surface area contributed by atoms with Crippen LogP contribution < -0.4 is 0 Å². The van der Waals surface area contributed by atoms with E-state index in [9.17, 15) is 38.4 Å². The van der Waals surface area contributed by atoms with Crippen molar-refractivity contribution >= 4 is 47.0 Å². The van der Waals surface area contributed by atoms with Gasteiger partial charge in [0.2, 0.25) is 0 Å². The molecule has 12 saturated carbocycles. The first-order valence-electron chi connectivity index (χ1n) is 37.5. The Kier molecular flexibility index (Phi) is 15.6. The molecule has 16 aliphatic carbocycles. The second-order valence-electron chi connectivity index (χ2n) is 35.8. The molecular formula is C80H108O12. The number of rotatable bonds is 4. The number of Topliss-reactive ketones (excluding diaryl/α,β-unsaturated/α-hetero) is 4. The van der Waals surface area contributed by atoms with Crippen molar-refractivity contribution in [2.45, 2.75) is 285 Å². The second-order valence-corrected chi connectivity index (χ2v) is 35.8. The van der Waals surface area contributed by atoms with Crippen molar-refractivity contribution in [2.24, 2.45) is 114 Å². The van der Waals surface area contributed by atoms with Crippen molar-refractivity contribution in [3.63, 3.8) is 0 Å². The lowest BCUT2D eigenvalue weighted by atomic mass is 9.48. The summed E-state index contributed by atoms with van der Waals surface area (Å²) in [6, 6.07) is 0. The highest BCUT2D eigenvalue weighted by molar-refractivity contribution is 6.30. The van der Waals surface area contributed by atoms with Crippen molar-refractivity contribution < 1.29 is 57.3 Å². The summed E-state index contributed by atoms with van der Waals surface area (Å²) in [6.07, 6.45) is 37.7. The van der Waals surface area contributed by atoms with Gasteiger partial charge in [0.15, 0.2) is 0 Å². The minimum absolute atomic E-state index is 0.0883. The maximum Gasteiger partial charge on any atom is 0.417 e. The molecule has 0 bridgehead atoms. The van der Waals surface area contributed by atoms with Crippen molar-refractivity contribution in [3.8, 4) is 0 Å². The van der Waals surface area contributed by atoms with E-state index in [0.29, 0.717) is 120 Å². The van der Waals surface area contributed by atoms with Crippen LogP contribution in [0.1, 0.15) is 261 Å². The molecule has 0 saturated heterocycles. The zero-order chi connectivity index (χ0) is 64.5. The molecule has 0 N–H and O–H groups in total. The molecule has 0 unspecified atom stereocenters. The molecule has 24 atom stereocenters. The molecular weight excluding hydrogens is 1150 g/mol. The smallest absolute Gasteiger partial charge is 0.417 e. The molecule has 12 fully saturated rings.